The zero-order valence-corrected chi connectivity index (χ0v) is 9.28. The molecule has 0 aliphatic carbocycles. The van der Waals surface area contributed by atoms with Crippen LogP contribution >= 0.6 is 0 Å². The molecule has 0 bridgehead atoms. The molecule has 1 aromatic rings. The number of aromatic nitrogens is 1. The molecule has 6 nitrogen and oxygen atoms in total. The van der Waals surface area contributed by atoms with Crippen LogP contribution in [0.3, 0.4) is 0 Å². The van der Waals surface area contributed by atoms with Crippen molar-refractivity contribution in [3.05, 3.63) is 28.0 Å². The average Bonchev–Trinajstić information content (AvgIpc) is 2.15. The van der Waals surface area contributed by atoms with Gasteiger partial charge in [0, 0.05) is 25.2 Å². The number of rotatable bonds is 4. The lowest BCUT2D eigenvalue weighted by atomic mass is 10.2. The molecule has 0 fully saturated rings. The number of amides is 1. The van der Waals surface area contributed by atoms with Gasteiger partial charge in [-0.25, -0.2) is 0 Å². The molecule has 1 amide bonds. The van der Waals surface area contributed by atoms with Crippen LogP contribution in [0.4, 0.5) is 0 Å². The molecule has 3 N–H and O–H groups in total. The maximum atomic E-state index is 11.5. The van der Waals surface area contributed by atoms with E-state index < -0.39 is 5.56 Å². The van der Waals surface area contributed by atoms with Gasteiger partial charge >= 0.3 is 0 Å². The summed E-state index contributed by atoms with van der Waals surface area (Å²) < 4.78 is 0. The zero-order valence-electron chi connectivity index (χ0n) is 9.28. The van der Waals surface area contributed by atoms with Gasteiger partial charge in [0.05, 0.1) is 5.56 Å². The molecule has 0 atom stereocenters. The molecule has 16 heavy (non-hydrogen) atoms. The number of likely N-dealkylation sites (N-methyl/N-ethyl adjacent to an activating group) is 1. The fourth-order valence-corrected chi connectivity index (χ4v) is 1.15. The highest BCUT2D eigenvalue weighted by molar-refractivity contribution is 5.94. The molecule has 0 saturated heterocycles. The molecule has 0 radical (unpaired) electrons. The van der Waals surface area contributed by atoms with Gasteiger partial charge in [-0.05, 0) is 14.1 Å². The Bertz CT molecular complexity index is 426. The quantitative estimate of drug-likeness (QED) is 0.637. The van der Waals surface area contributed by atoms with Crippen molar-refractivity contribution < 1.29 is 9.90 Å². The molecule has 0 spiro atoms. The van der Waals surface area contributed by atoms with Crippen LogP contribution in [0.5, 0.6) is 5.88 Å². The average molecular weight is 225 g/mol. The smallest absolute Gasteiger partial charge is 0.251 e. The number of carbonyl (C=O) groups is 1. The number of aromatic hydroxyl groups is 1. The van der Waals surface area contributed by atoms with Crippen LogP contribution in [0.2, 0.25) is 0 Å². The number of carbonyl (C=O) groups excluding carboxylic acids is 1. The molecule has 0 aliphatic rings. The molecule has 0 aliphatic heterocycles. The number of nitrogens with zero attached hydrogens (tertiary/aromatic N) is 1. The SMILES string of the molecule is CN(C)CCNC(=O)c1cc(O)[nH]c(=O)c1. The van der Waals surface area contributed by atoms with Gasteiger partial charge in [-0.3, -0.25) is 14.6 Å². The van der Waals surface area contributed by atoms with Crippen LogP contribution in [-0.4, -0.2) is 48.1 Å². The second-order valence-electron chi connectivity index (χ2n) is 3.68. The predicted molar refractivity (Wildman–Crippen MR) is 59.6 cm³/mol. The van der Waals surface area contributed by atoms with E-state index in [4.69, 9.17) is 5.11 Å². The molecule has 1 rings (SSSR count). The van der Waals surface area contributed by atoms with Crippen LogP contribution in [0.15, 0.2) is 16.9 Å². The van der Waals surface area contributed by atoms with Crippen molar-refractivity contribution in [2.75, 3.05) is 27.2 Å². The Kier molecular flexibility index (Phi) is 4.07. The second-order valence-corrected chi connectivity index (χ2v) is 3.68. The maximum Gasteiger partial charge on any atom is 0.251 e. The standard InChI is InChI=1S/C10H15N3O3/c1-13(2)4-3-11-10(16)7-5-8(14)12-9(15)6-7/h5-6H,3-4H2,1-2H3,(H,11,16)(H2,12,14,15). The number of hydrogen-bond acceptors (Lipinski definition) is 4. The van der Waals surface area contributed by atoms with E-state index in [1.807, 2.05) is 19.0 Å². The minimum absolute atomic E-state index is 0.153. The van der Waals surface area contributed by atoms with E-state index in [1.165, 1.54) is 6.07 Å². The fraction of sp³-hybridized carbons (Fsp3) is 0.400. The number of H-pyrrole nitrogens is 1. The monoisotopic (exact) mass is 225 g/mol. The summed E-state index contributed by atoms with van der Waals surface area (Å²) in [5.74, 6) is -0.687. The minimum Gasteiger partial charge on any atom is -0.494 e. The van der Waals surface area contributed by atoms with E-state index >= 15 is 0 Å². The van der Waals surface area contributed by atoms with Crippen molar-refractivity contribution in [3.8, 4) is 5.88 Å². The maximum absolute atomic E-state index is 11.5. The lowest BCUT2D eigenvalue weighted by Gasteiger charge is -2.10. The van der Waals surface area contributed by atoms with Crippen LogP contribution in [0.1, 0.15) is 10.4 Å². The molecule has 88 valence electrons. The van der Waals surface area contributed by atoms with Gasteiger partial charge in [0.1, 0.15) is 0 Å². The molecule has 0 aromatic carbocycles. The van der Waals surface area contributed by atoms with E-state index in [0.717, 1.165) is 6.07 Å². The van der Waals surface area contributed by atoms with Crippen LogP contribution < -0.4 is 10.9 Å². The third kappa shape index (κ3) is 3.74. The normalized spacial score (nSPS) is 10.4. The Morgan fingerprint density at radius 1 is 1.50 bits per heavy atom. The number of pyridine rings is 1. The summed E-state index contributed by atoms with van der Waals surface area (Å²) in [7, 11) is 3.79. The number of aromatic amines is 1. The summed E-state index contributed by atoms with van der Waals surface area (Å²) in [6.07, 6.45) is 0. The Hall–Kier alpha value is -1.82. The number of nitrogens with one attached hydrogen (secondary N) is 2. The van der Waals surface area contributed by atoms with Gasteiger partial charge in [-0.2, -0.15) is 0 Å². The first-order valence-corrected chi connectivity index (χ1v) is 4.85. The molecular weight excluding hydrogens is 210 g/mol. The first-order valence-electron chi connectivity index (χ1n) is 4.85. The summed E-state index contributed by atoms with van der Waals surface area (Å²) in [5, 5.41) is 11.8. The van der Waals surface area contributed by atoms with Crippen LogP contribution in [-0.2, 0) is 0 Å². The summed E-state index contributed by atoms with van der Waals surface area (Å²) in [6, 6.07) is 2.36. The van der Waals surface area contributed by atoms with Crippen molar-refractivity contribution >= 4 is 5.91 Å². The van der Waals surface area contributed by atoms with E-state index in [1.54, 1.807) is 0 Å². The molecule has 1 heterocycles. The topological polar surface area (TPSA) is 85.4 Å². The summed E-state index contributed by atoms with van der Waals surface area (Å²) in [5.41, 5.74) is -0.349. The van der Waals surface area contributed by atoms with E-state index in [2.05, 4.69) is 10.3 Å². The Balaban J connectivity index is 2.63. The van der Waals surface area contributed by atoms with Crippen LogP contribution in [0, 0.1) is 0 Å². The van der Waals surface area contributed by atoms with Crippen molar-refractivity contribution in [2.24, 2.45) is 0 Å². The first kappa shape index (κ1) is 12.3. The minimum atomic E-state index is -0.502. The summed E-state index contributed by atoms with van der Waals surface area (Å²) in [6.45, 7) is 1.19. The molecular formula is C10H15N3O3. The number of hydrogen-bond donors (Lipinski definition) is 3. The third-order valence-electron chi connectivity index (χ3n) is 1.94. The third-order valence-corrected chi connectivity index (χ3v) is 1.94. The van der Waals surface area contributed by atoms with Crippen molar-refractivity contribution in [1.82, 2.24) is 15.2 Å². The molecule has 0 unspecified atom stereocenters. The highest BCUT2D eigenvalue weighted by Gasteiger charge is 2.07. The van der Waals surface area contributed by atoms with Crippen LogP contribution in [0.25, 0.3) is 0 Å². The van der Waals surface area contributed by atoms with Crippen molar-refractivity contribution in [2.45, 2.75) is 0 Å². The second kappa shape index (κ2) is 5.32. The highest BCUT2D eigenvalue weighted by Crippen LogP contribution is 2.03. The first-order chi connectivity index (χ1) is 7.49. The molecule has 0 saturated carbocycles. The fourth-order valence-electron chi connectivity index (χ4n) is 1.15. The van der Waals surface area contributed by atoms with Gasteiger partial charge in [0.15, 0.2) is 5.88 Å². The van der Waals surface area contributed by atoms with E-state index in [-0.39, 0.29) is 17.4 Å². The van der Waals surface area contributed by atoms with E-state index in [9.17, 15) is 9.59 Å². The Morgan fingerprint density at radius 2 is 2.19 bits per heavy atom. The highest BCUT2D eigenvalue weighted by atomic mass is 16.3. The zero-order chi connectivity index (χ0) is 12.1. The summed E-state index contributed by atoms with van der Waals surface area (Å²) in [4.78, 5) is 26.6. The Labute approximate surface area is 92.9 Å². The van der Waals surface area contributed by atoms with Crippen molar-refractivity contribution in [3.63, 3.8) is 0 Å². The Morgan fingerprint density at radius 3 is 2.75 bits per heavy atom. The molecule has 1 aromatic heterocycles. The van der Waals surface area contributed by atoms with Gasteiger partial charge < -0.3 is 15.3 Å². The molecule has 6 heteroatoms. The lowest BCUT2D eigenvalue weighted by Crippen LogP contribution is -2.31. The van der Waals surface area contributed by atoms with Crippen molar-refractivity contribution in [1.29, 1.82) is 0 Å². The van der Waals surface area contributed by atoms with Gasteiger partial charge in [-0.1, -0.05) is 0 Å². The van der Waals surface area contributed by atoms with Gasteiger partial charge in [0.2, 0.25) is 0 Å². The predicted octanol–water partition coefficient (Wildman–Crippen LogP) is -0.628. The van der Waals surface area contributed by atoms with Gasteiger partial charge in [0.25, 0.3) is 11.5 Å². The van der Waals surface area contributed by atoms with E-state index in [0.29, 0.717) is 13.1 Å². The summed E-state index contributed by atoms with van der Waals surface area (Å²) >= 11 is 0. The largest absolute Gasteiger partial charge is 0.494 e. The van der Waals surface area contributed by atoms with Gasteiger partial charge in [-0.15, -0.1) is 0 Å². The lowest BCUT2D eigenvalue weighted by molar-refractivity contribution is 0.0950.